The molecule has 0 fully saturated rings. The van der Waals surface area contributed by atoms with Crippen molar-refractivity contribution in [3.05, 3.63) is 34.5 Å². The summed E-state index contributed by atoms with van der Waals surface area (Å²) in [7, 11) is 0. The number of hydrogen-bond donors (Lipinski definition) is 2. The Morgan fingerprint density at radius 2 is 2.00 bits per heavy atom. The molecule has 3 heteroatoms. The number of carbonyl (C=O) groups is 1. The van der Waals surface area contributed by atoms with Crippen LogP contribution in [0.15, 0.2) is 12.1 Å². The summed E-state index contributed by atoms with van der Waals surface area (Å²) >= 11 is 0. The van der Waals surface area contributed by atoms with Gasteiger partial charge >= 0.3 is 0 Å². The van der Waals surface area contributed by atoms with Crippen molar-refractivity contribution >= 4 is 16.7 Å². The molecule has 3 nitrogen and oxygen atoms in total. The van der Waals surface area contributed by atoms with Gasteiger partial charge in [0.25, 0.3) is 0 Å². The first-order chi connectivity index (χ1) is 8.54. The standard InChI is InChI=1S/C15H20N2O/c1-5-16-8-13(18)14-11(4)17-15-10(3)6-9(2)7-12(14)15/h6-7,16-17H,5,8H2,1-4H3. The van der Waals surface area contributed by atoms with Gasteiger partial charge in [0.1, 0.15) is 0 Å². The van der Waals surface area contributed by atoms with Crippen LogP contribution < -0.4 is 5.32 Å². The number of ketones is 1. The number of aromatic nitrogens is 1. The van der Waals surface area contributed by atoms with Crippen LogP contribution in [0.2, 0.25) is 0 Å². The molecule has 0 aliphatic rings. The number of carbonyl (C=O) groups excluding carboxylic acids is 1. The van der Waals surface area contributed by atoms with Crippen molar-refractivity contribution in [2.45, 2.75) is 27.7 Å². The number of fused-ring (bicyclic) bond motifs is 1. The first kappa shape index (κ1) is 12.8. The van der Waals surface area contributed by atoms with E-state index < -0.39 is 0 Å². The summed E-state index contributed by atoms with van der Waals surface area (Å²) in [5.74, 6) is 0.158. The SMILES string of the molecule is CCNCC(=O)c1c(C)[nH]c2c(C)cc(C)cc12. The van der Waals surface area contributed by atoms with Crippen LogP contribution in [0.5, 0.6) is 0 Å². The number of nitrogens with one attached hydrogen (secondary N) is 2. The van der Waals surface area contributed by atoms with E-state index in [0.717, 1.165) is 28.7 Å². The van der Waals surface area contributed by atoms with Crippen molar-refractivity contribution in [1.29, 1.82) is 0 Å². The van der Waals surface area contributed by atoms with Gasteiger partial charge < -0.3 is 10.3 Å². The van der Waals surface area contributed by atoms with Gasteiger partial charge in [0.05, 0.1) is 6.54 Å². The van der Waals surface area contributed by atoms with E-state index in [4.69, 9.17) is 0 Å². The molecule has 2 aromatic rings. The molecule has 0 spiro atoms. The van der Waals surface area contributed by atoms with Crippen LogP contribution in [-0.4, -0.2) is 23.9 Å². The summed E-state index contributed by atoms with van der Waals surface area (Å²) in [4.78, 5) is 15.6. The van der Waals surface area contributed by atoms with Gasteiger partial charge in [0.2, 0.25) is 0 Å². The topological polar surface area (TPSA) is 44.9 Å². The van der Waals surface area contributed by atoms with Crippen molar-refractivity contribution in [3.8, 4) is 0 Å². The van der Waals surface area contributed by atoms with Crippen LogP contribution in [-0.2, 0) is 0 Å². The second kappa shape index (κ2) is 4.94. The van der Waals surface area contributed by atoms with Gasteiger partial charge in [0.15, 0.2) is 5.78 Å². The Balaban J connectivity index is 2.56. The molecule has 0 aliphatic heterocycles. The Morgan fingerprint density at radius 3 is 2.67 bits per heavy atom. The molecule has 1 aromatic heterocycles. The largest absolute Gasteiger partial charge is 0.358 e. The second-order valence-electron chi connectivity index (χ2n) is 4.83. The Morgan fingerprint density at radius 1 is 1.28 bits per heavy atom. The van der Waals surface area contributed by atoms with Gasteiger partial charge in [-0.15, -0.1) is 0 Å². The number of aryl methyl sites for hydroxylation is 3. The zero-order valence-corrected chi connectivity index (χ0v) is 11.5. The predicted octanol–water partition coefficient (Wildman–Crippen LogP) is 2.89. The molecule has 18 heavy (non-hydrogen) atoms. The highest BCUT2D eigenvalue weighted by Gasteiger charge is 2.16. The summed E-state index contributed by atoms with van der Waals surface area (Å²) < 4.78 is 0. The van der Waals surface area contributed by atoms with Crippen molar-refractivity contribution in [2.24, 2.45) is 0 Å². The van der Waals surface area contributed by atoms with E-state index in [9.17, 15) is 4.79 Å². The molecule has 1 heterocycles. The molecule has 0 unspecified atom stereocenters. The maximum Gasteiger partial charge on any atom is 0.179 e. The highest BCUT2D eigenvalue weighted by atomic mass is 16.1. The second-order valence-corrected chi connectivity index (χ2v) is 4.83. The van der Waals surface area contributed by atoms with E-state index in [1.807, 2.05) is 13.8 Å². The van der Waals surface area contributed by atoms with Crippen molar-refractivity contribution in [3.63, 3.8) is 0 Å². The third-order valence-electron chi connectivity index (χ3n) is 3.25. The van der Waals surface area contributed by atoms with Crippen LogP contribution in [0, 0.1) is 20.8 Å². The minimum atomic E-state index is 0.158. The quantitative estimate of drug-likeness (QED) is 0.812. The zero-order chi connectivity index (χ0) is 13.3. The Hall–Kier alpha value is -1.61. The third kappa shape index (κ3) is 2.18. The Labute approximate surface area is 108 Å². The molecule has 2 N–H and O–H groups in total. The van der Waals surface area contributed by atoms with Crippen molar-refractivity contribution in [1.82, 2.24) is 10.3 Å². The summed E-state index contributed by atoms with van der Waals surface area (Å²) in [6.45, 7) is 9.32. The van der Waals surface area contributed by atoms with E-state index in [1.165, 1.54) is 11.1 Å². The van der Waals surface area contributed by atoms with Crippen LogP contribution in [0.3, 0.4) is 0 Å². The van der Waals surface area contributed by atoms with Gasteiger partial charge in [-0.25, -0.2) is 0 Å². The maximum absolute atomic E-state index is 12.2. The molecule has 2 rings (SSSR count). The molecular weight excluding hydrogens is 224 g/mol. The number of Topliss-reactive ketones (excluding diaryl/α,β-unsaturated/α-hetero) is 1. The van der Waals surface area contributed by atoms with E-state index in [1.54, 1.807) is 0 Å². The van der Waals surface area contributed by atoms with E-state index in [2.05, 4.69) is 36.3 Å². The fourth-order valence-corrected chi connectivity index (χ4v) is 2.47. The maximum atomic E-state index is 12.2. The summed E-state index contributed by atoms with van der Waals surface area (Å²) in [5, 5.41) is 4.14. The van der Waals surface area contributed by atoms with Gasteiger partial charge in [-0.3, -0.25) is 4.79 Å². The molecule has 0 radical (unpaired) electrons. The fourth-order valence-electron chi connectivity index (χ4n) is 2.47. The Bertz CT molecular complexity index is 596. The minimum absolute atomic E-state index is 0.158. The predicted molar refractivity (Wildman–Crippen MR) is 75.4 cm³/mol. The number of aromatic amines is 1. The first-order valence-corrected chi connectivity index (χ1v) is 6.38. The molecule has 0 atom stereocenters. The van der Waals surface area contributed by atoms with E-state index in [-0.39, 0.29) is 5.78 Å². The minimum Gasteiger partial charge on any atom is -0.358 e. The molecule has 0 amide bonds. The zero-order valence-electron chi connectivity index (χ0n) is 11.5. The third-order valence-corrected chi connectivity index (χ3v) is 3.25. The van der Waals surface area contributed by atoms with Crippen molar-refractivity contribution < 1.29 is 4.79 Å². The van der Waals surface area contributed by atoms with E-state index in [0.29, 0.717) is 6.54 Å². The number of benzene rings is 1. The lowest BCUT2D eigenvalue weighted by molar-refractivity contribution is 0.0993. The summed E-state index contributed by atoms with van der Waals surface area (Å²) in [6, 6.07) is 4.22. The molecule has 96 valence electrons. The van der Waals surface area contributed by atoms with Gasteiger partial charge in [0, 0.05) is 22.2 Å². The van der Waals surface area contributed by atoms with Gasteiger partial charge in [-0.05, 0) is 38.9 Å². The van der Waals surface area contributed by atoms with Crippen LogP contribution >= 0.6 is 0 Å². The number of H-pyrrole nitrogens is 1. The molecule has 0 saturated heterocycles. The number of rotatable bonds is 4. The lowest BCUT2D eigenvalue weighted by atomic mass is 10.0. The lowest BCUT2D eigenvalue weighted by Crippen LogP contribution is -2.22. The van der Waals surface area contributed by atoms with E-state index >= 15 is 0 Å². The number of hydrogen-bond acceptors (Lipinski definition) is 2. The molecule has 0 aliphatic carbocycles. The molecular formula is C15H20N2O. The summed E-state index contributed by atoms with van der Waals surface area (Å²) in [6.07, 6.45) is 0. The van der Waals surface area contributed by atoms with Crippen molar-refractivity contribution in [2.75, 3.05) is 13.1 Å². The lowest BCUT2D eigenvalue weighted by Gasteiger charge is -2.03. The molecule has 0 saturated carbocycles. The van der Waals surface area contributed by atoms with Crippen LogP contribution in [0.1, 0.15) is 34.1 Å². The molecule has 1 aromatic carbocycles. The summed E-state index contributed by atoms with van der Waals surface area (Å²) in [5.41, 5.74) is 5.25. The average molecular weight is 244 g/mol. The number of likely N-dealkylation sites (N-methyl/N-ethyl adjacent to an activating group) is 1. The van der Waals surface area contributed by atoms with Crippen LogP contribution in [0.4, 0.5) is 0 Å². The normalized spacial score (nSPS) is 11.1. The average Bonchev–Trinajstić information content (AvgIpc) is 2.63. The monoisotopic (exact) mass is 244 g/mol. The van der Waals surface area contributed by atoms with Crippen LogP contribution in [0.25, 0.3) is 10.9 Å². The highest BCUT2D eigenvalue weighted by molar-refractivity contribution is 6.10. The Kier molecular flexibility index (Phi) is 3.53. The van der Waals surface area contributed by atoms with Gasteiger partial charge in [-0.2, -0.15) is 0 Å². The fraction of sp³-hybridized carbons (Fsp3) is 0.400. The smallest absolute Gasteiger partial charge is 0.179 e. The first-order valence-electron chi connectivity index (χ1n) is 6.38. The highest BCUT2D eigenvalue weighted by Crippen LogP contribution is 2.26. The van der Waals surface area contributed by atoms with Gasteiger partial charge in [-0.1, -0.05) is 18.6 Å². The molecule has 0 bridgehead atoms.